The van der Waals surface area contributed by atoms with Crippen LogP contribution in [0, 0.1) is 0 Å². The predicted octanol–water partition coefficient (Wildman–Crippen LogP) is 5.43. The first-order chi connectivity index (χ1) is 14.8. The van der Waals surface area contributed by atoms with Crippen molar-refractivity contribution in [3.05, 3.63) is 77.7 Å². The van der Waals surface area contributed by atoms with E-state index in [1.165, 1.54) is 5.69 Å². The molecule has 1 fully saturated rings. The molecule has 1 N–H and O–H groups in total. The Balaban J connectivity index is 1.57. The van der Waals surface area contributed by atoms with E-state index in [1.54, 1.807) is 0 Å². The minimum Gasteiger partial charge on any atom is -0.379 e. The zero-order valence-corrected chi connectivity index (χ0v) is 17.5. The molecule has 0 unspecified atom stereocenters. The Morgan fingerprint density at radius 3 is 2.57 bits per heavy atom. The molecule has 1 aliphatic rings. The van der Waals surface area contributed by atoms with Crippen molar-refractivity contribution in [1.29, 1.82) is 0 Å². The molecule has 0 radical (unpaired) electrons. The minimum atomic E-state index is 0.765. The van der Waals surface area contributed by atoms with Crippen molar-refractivity contribution in [2.45, 2.75) is 6.42 Å². The van der Waals surface area contributed by atoms with Crippen molar-refractivity contribution >= 4 is 22.5 Å². The summed E-state index contributed by atoms with van der Waals surface area (Å²) >= 11 is 6.66. The van der Waals surface area contributed by atoms with E-state index < -0.39 is 0 Å². The van der Waals surface area contributed by atoms with Crippen molar-refractivity contribution in [2.24, 2.45) is 0 Å². The van der Waals surface area contributed by atoms with Crippen LogP contribution in [0.3, 0.4) is 0 Å². The van der Waals surface area contributed by atoms with Crippen LogP contribution in [-0.4, -0.2) is 47.7 Å². The molecule has 4 aromatic rings. The number of aromatic amines is 1. The summed E-state index contributed by atoms with van der Waals surface area (Å²) in [6.45, 7) is 4.60. The molecule has 1 saturated heterocycles. The molecule has 0 saturated carbocycles. The van der Waals surface area contributed by atoms with Crippen LogP contribution in [0.5, 0.6) is 0 Å². The summed E-state index contributed by atoms with van der Waals surface area (Å²) in [5, 5.41) is 1.84. The monoisotopic (exact) mass is 417 g/mol. The number of aromatic nitrogens is 2. The molecule has 5 heteroatoms. The maximum Gasteiger partial charge on any atom is 0.0594 e. The van der Waals surface area contributed by atoms with Gasteiger partial charge in [0.05, 0.1) is 18.2 Å². The second kappa shape index (κ2) is 8.60. The van der Waals surface area contributed by atoms with Gasteiger partial charge in [0.25, 0.3) is 0 Å². The number of pyridine rings is 1. The Labute approximate surface area is 181 Å². The number of benzene rings is 2. The third-order valence-corrected chi connectivity index (χ3v) is 6.08. The van der Waals surface area contributed by atoms with E-state index >= 15 is 0 Å². The molecule has 3 heterocycles. The summed E-state index contributed by atoms with van der Waals surface area (Å²) < 4.78 is 5.49. The quantitative estimate of drug-likeness (QED) is 0.471. The molecule has 0 amide bonds. The van der Waals surface area contributed by atoms with Crippen molar-refractivity contribution in [3.8, 4) is 22.3 Å². The standard InChI is InChI=1S/C25H24ClN3O/c26-21-7-4-8-22-25(21)24(23(28-22)9-10-29-11-13-30-14-12-29)20-15-19(16-27-17-20)18-5-2-1-3-6-18/h1-8,15-17,28H,9-14H2. The van der Waals surface area contributed by atoms with Gasteiger partial charge in [0.2, 0.25) is 0 Å². The number of H-pyrrole nitrogens is 1. The number of nitrogens with one attached hydrogen (secondary N) is 1. The minimum absolute atomic E-state index is 0.765. The molecule has 4 nitrogen and oxygen atoms in total. The van der Waals surface area contributed by atoms with Crippen LogP contribution in [-0.2, 0) is 11.2 Å². The van der Waals surface area contributed by atoms with Gasteiger partial charge in [-0.25, -0.2) is 0 Å². The lowest BCUT2D eigenvalue weighted by Crippen LogP contribution is -2.37. The summed E-state index contributed by atoms with van der Waals surface area (Å²) in [4.78, 5) is 10.7. The summed E-state index contributed by atoms with van der Waals surface area (Å²) in [6, 6.07) is 18.6. The van der Waals surface area contributed by atoms with Gasteiger partial charge < -0.3 is 9.72 Å². The molecule has 152 valence electrons. The van der Waals surface area contributed by atoms with Crippen LogP contribution in [0.4, 0.5) is 0 Å². The Morgan fingerprint density at radius 1 is 0.933 bits per heavy atom. The summed E-state index contributed by atoms with van der Waals surface area (Å²) in [6.07, 6.45) is 4.79. The largest absolute Gasteiger partial charge is 0.379 e. The normalized spacial score (nSPS) is 15.0. The van der Waals surface area contributed by atoms with Crippen LogP contribution in [0.25, 0.3) is 33.2 Å². The zero-order valence-electron chi connectivity index (χ0n) is 16.8. The van der Waals surface area contributed by atoms with E-state index in [1.807, 2.05) is 30.6 Å². The number of rotatable bonds is 5. The van der Waals surface area contributed by atoms with Gasteiger partial charge in [0.1, 0.15) is 0 Å². The molecular weight excluding hydrogens is 394 g/mol. The van der Waals surface area contributed by atoms with E-state index in [2.05, 4.69) is 51.3 Å². The Bertz CT molecular complexity index is 1150. The zero-order chi connectivity index (χ0) is 20.3. The first-order valence-electron chi connectivity index (χ1n) is 10.4. The molecular formula is C25H24ClN3O. The lowest BCUT2D eigenvalue weighted by atomic mass is 9.98. The molecule has 1 aliphatic heterocycles. The smallest absolute Gasteiger partial charge is 0.0594 e. The number of ether oxygens (including phenoxy) is 1. The molecule has 0 bridgehead atoms. The third kappa shape index (κ3) is 3.86. The van der Waals surface area contributed by atoms with Crippen molar-refractivity contribution in [1.82, 2.24) is 14.9 Å². The molecule has 2 aromatic carbocycles. The van der Waals surface area contributed by atoms with Gasteiger partial charge in [-0.05, 0) is 23.8 Å². The third-order valence-electron chi connectivity index (χ3n) is 5.77. The van der Waals surface area contributed by atoms with Crippen molar-refractivity contribution in [3.63, 3.8) is 0 Å². The topological polar surface area (TPSA) is 41.2 Å². The Hall–Kier alpha value is -2.66. The molecule has 0 atom stereocenters. The highest BCUT2D eigenvalue weighted by molar-refractivity contribution is 6.36. The van der Waals surface area contributed by atoms with Crippen LogP contribution in [0.15, 0.2) is 67.0 Å². The van der Waals surface area contributed by atoms with Crippen LogP contribution in [0.2, 0.25) is 5.02 Å². The summed E-state index contributed by atoms with van der Waals surface area (Å²) in [5.41, 5.74) is 6.79. The highest BCUT2D eigenvalue weighted by atomic mass is 35.5. The maximum absolute atomic E-state index is 6.66. The molecule has 30 heavy (non-hydrogen) atoms. The number of fused-ring (bicyclic) bond motifs is 1. The Morgan fingerprint density at radius 2 is 1.73 bits per heavy atom. The van der Waals surface area contributed by atoms with E-state index in [-0.39, 0.29) is 0 Å². The predicted molar refractivity (Wildman–Crippen MR) is 123 cm³/mol. The Kier molecular flexibility index (Phi) is 5.54. The maximum atomic E-state index is 6.66. The van der Waals surface area contributed by atoms with Gasteiger partial charge in [-0.3, -0.25) is 9.88 Å². The van der Waals surface area contributed by atoms with Crippen LogP contribution < -0.4 is 0 Å². The highest BCUT2D eigenvalue weighted by Crippen LogP contribution is 2.38. The van der Waals surface area contributed by atoms with Crippen LogP contribution in [0.1, 0.15) is 5.69 Å². The van der Waals surface area contributed by atoms with Gasteiger partial charge >= 0.3 is 0 Å². The number of hydrogen-bond donors (Lipinski definition) is 1. The fourth-order valence-electron chi connectivity index (χ4n) is 4.22. The van der Waals surface area contributed by atoms with E-state index in [0.717, 1.165) is 77.4 Å². The average molecular weight is 418 g/mol. The van der Waals surface area contributed by atoms with Gasteiger partial charge in [-0.2, -0.15) is 0 Å². The van der Waals surface area contributed by atoms with E-state index in [0.29, 0.717) is 0 Å². The first kappa shape index (κ1) is 19.3. The first-order valence-corrected chi connectivity index (χ1v) is 10.8. The van der Waals surface area contributed by atoms with Gasteiger partial charge in [0.15, 0.2) is 0 Å². The van der Waals surface area contributed by atoms with Gasteiger partial charge in [-0.15, -0.1) is 0 Å². The lowest BCUT2D eigenvalue weighted by Gasteiger charge is -2.26. The van der Waals surface area contributed by atoms with Crippen molar-refractivity contribution < 1.29 is 4.74 Å². The van der Waals surface area contributed by atoms with Crippen LogP contribution >= 0.6 is 11.6 Å². The summed E-state index contributed by atoms with van der Waals surface area (Å²) in [5.74, 6) is 0. The number of nitrogens with zero attached hydrogens (tertiary/aromatic N) is 2. The second-order valence-corrected chi connectivity index (χ2v) is 8.08. The average Bonchev–Trinajstić information content (AvgIpc) is 3.19. The highest BCUT2D eigenvalue weighted by Gasteiger charge is 2.18. The number of halogens is 1. The second-order valence-electron chi connectivity index (χ2n) is 7.67. The lowest BCUT2D eigenvalue weighted by molar-refractivity contribution is 0.0384. The molecule has 0 aliphatic carbocycles. The fourth-order valence-corrected chi connectivity index (χ4v) is 4.49. The van der Waals surface area contributed by atoms with Gasteiger partial charge in [0, 0.05) is 71.7 Å². The number of hydrogen-bond acceptors (Lipinski definition) is 3. The summed E-state index contributed by atoms with van der Waals surface area (Å²) in [7, 11) is 0. The molecule has 2 aromatic heterocycles. The van der Waals surface area contributed by atoms with E-state index in [9.17, 15) is 0 Å². The number of morpholine rings is 1. The van der Waals surface area contributed by atoms with Gasteiger partial charge in [-0.1, -0.05) is 48.0 Å². The van der Waals surface area contributed by atoms with E-state index in [4.69, 9.17) is 16.3 Å². The SMILES string of the molecule is Clc1cccc2[nH]c(CCN3CCOCC3)c(-c3cncc(-c4ccccc4)c3)c12. The molecule has 5 rings (SSSR count). The van der Waals surface area contributed by atoms with Crippen molar-refractivity contribution in [2.75, 3.05) is 32.8 Å². The fraction of sp³-hybridized carbons (Fsp3) is 0.240. The molecule has 0 spiro atoms.